The van der Waals surface area contributed by atoms with Crippen molar-refractivity contribution >= 4 is 23.0 Å². The molecule has 26 heavy (non-hydrogen) atoms. The predicted octanol–water partition coefficient (Wildman–Crippen LogP) is 3.62. The number of hydrogen-bond acceptors (Lipinski definition) is 5. The summed E-state index contributed by atoms with van der Waals surface area (Å²) in [6, 6.07) is 11.1. The molecule has 0 spiro atoms. The van der Waals surface area contributed by atoms with E-state index in [-0.39, 0.29) is 17.7 Å². The number of aromatic hydroxyl groups is 1. The predicted molar refractivity (Wildman–Crippen MR) is 103 cm³/mol. The number of hydrogen-bond donors (Lipinski definition) is 1. The Balaban J connectivity index is 1.57. The van der Waals surface area contributed by atoms with E-state index in [2.05, 4.69) is 11.0 Å². The van der Waals surface area contributed by atoms with E-state index in [1.54, 1.807) is 28.5 Å². The van der Waals surface area contributed by atoms with Crippen LogP contribution in [-0.4, -0.2) is 46.3 Å². The third-order valence-corrected chi connectivity index (χ3v) is 5.98. The molecule has 1 N–H and O–H groups in total. The zero-order valence-electron chi connectivity index (χ0n) is 14.7. The second-order valence-electron chi connectivity index (χ2n) is 6.91. The van der Waals surface area contributed by atoms with Crippen molar-refractivity contribution in [2.75, 3.05) is 19.6 Å². The van der Waals surface area contributed by atoms with Gasteiger partial charge in [0.2, 0.25) is 0 Å². The van der Waals surface area contributed by atoms with E-state index in [4.69, 9.17) is 5.10 Å². The Hall–Kier alpha value is -2.18. The summed E-state index contributed by atoms with van der Waals surface area (Å²) in [5.41, 5.74) is 1.97. The highest BCUT2D eigenvalue weighted by atomic mass is 32.1. The largest absolute Gasteiger partial charge is 0.508 e. The van der Waals surface area contributed by atoms with Crippen LogP contribution in [0.3, 0.4) is 0 Å². The summed E-state index contributed by atoms with van der Waals surface area (Å²) in [6.07, 6.45) is 4.29. The van der Waals surface area contributed by atoms with Crippen molar-refractivity contribution in [3.05, 3.63) is 52.2 Å². The van der Waals surface area contributed by atoms with Crippen molar-refractivity contribution in [3.63, 3.8) is 0 Å². The normalized spacial score (nSPS) is 21.0. The maximum atomic E-state index is 13.0. The van der Waals surface area contributed by atoms with Crippen molar-refractivity contribution < 1.29 is 9.90 Å². The molecular weight excluding hydrogens is 346 g/mol. The van der Waals surface area contributed by atoms with Gasteiger partial charge in [-0.1, -0.05) is 24.6 Å². The number of carbonyl (C=O) groups excluding carboxylic acids is 1. The van der Waals surface area contributed by atoms with Gasteiger partial charge in [-0.25, -0.2) is 5.01 Å². The van der Waals surface area contributed by atoms with Gasteiger partial charge in [-0.15, -0.1) is 11.3 Å². The van der Waals surface area contributed by atoms with Crippen LogP contribution in [0.5, 0.6) is 5.75 Å². The standard InChI is InChI=1S/C20H23N3O2S/c24-16-8-6-15(7-9-16)18-13-17(19-5-4-12-26-19)21-23(18)20(25)14-22-10-2-1-3-11-22/h4-9,12,18,24H,1-3,10-11,13-14H2/t18-/m1/s1. The summed E-state index contributed by atoms with van der Waals surface area (Å²) in [5, 5.41) is 18.0. The third-order valence-electron chi connectivity index (χ3n) is 5.06. The third kappa shape index (κ3) is 3.66. The molecule has 1 aromatic carbocycles. The molecule has 1 atom stereocenters. The summed E-state index contributed by atoms with van der Waals surface area (Å²) >= 11 is 1.65. The quantitative estimate of drug-likeness (QED) is 0.896. The first-order valence-corrected chi connectivity index (χ1v) is 10.0. The summed E-state index contributed by atoms with van der Waals surface area (Å²) in [6.45, 7) is 2.41. The molecule has 0 aliphatic carbocycles. The molecule has 4 rings (SSSR count). The molecular formula is C20H23N3O2S. The monoisotopic (exact) mass is 369 g/mol. The first-order valence-electron chi connectivity index (χ1n) is 9.15. The number of phenols is 1. The lowest BCUT2D eigenvalue weighted by Gasteiger charge is -2.29. The minimum Gasteiger partial charge on any atom is -0.508 e. The molecule has 0 unspecified atom stereocenters. The van der Waals surface area contributed by atoms with E-state index >= 15 is 0 Å². The van der Waals surface area contributed by atoms with E-state index in [1.165, 1.54) is 19.3 Å². The van der Waals surface area contributed by atoms with Gasteiger partial charge in [0, 0.05) is 6.42 Å². The van der Waals surface area contributed by atoms with E-state index in [0.29, 0.717) is 13.0 Å². The van der Waals surface area contributed by atoms with Gasteiger partial charge < -0.3 is 5.11 Å². The van der Waals surface area contributed by atoms with E-state index in [1.807, 2.05) is 23.6 Å². The lowest BCUT2D eigenvalue weighted by atomic mass is 10.0. The lowest BCUT2D eigenvalue weighted by molar-refractivity contribution is -0.134. The fraction of sp³-hybridized carbons (Fsp3) is 0.400. The number of piperidine rings is 1. The first kappa shape index (κ1) is 17.2. The second kappa shape index (κ2) is 7.60. The molecule has 1 aromatic heterocycles. The molecule has 5 nitrogen and oxygen atoms in total. The van der Waals surface area contributed by atoms with Crippen LogP contribution in [0.4, 0.5) is 0 Å². The fourth-order valence-electron chi connectivity index (χ4n) is 3.67. The molecule has 1 fully saturated rings. The molecule has 6 heteroatoms. The number of phenolic OH excluding ortho intramolecular Hbond substituents is 1. The number of thiophene rings is 1. The van der Waals surface area contributed by atoms with Crippen molar-refractivity contribution in [2.24, 2.45) is 5.10 Å². The smallest absolute Gasteiger partial charge is 0.257 e. The number of hydrazone groups is 1. The molecule has 2 aromatic rings. The number of amides is 1. The van der Waals surface area contributed by atoms with Crippen molar-refractivity contribution in [3.8, 4) is 5.75 Å². The zero-order valence-corrected chi connectivity index (χ0v) is 15.5. The van der Waals surface area contributed by atoms with E-state index in [9.17, 15) is 9.90 Å². The highest BCUT2D eigenvalue weighted by Crippen LogP contribution is 2.34. The average Bonchev–Trinajstić information content (AvgIpc) is 3.33. The number of carbonyl (C=O) groups is 1. The van der Waals surface area contributed by atoms with Crippen LogP contribution < -0.4 is 0 Å². The van der Waals surface area contributed by atoms with Crippen LogP contribution in [0.1, 0.15) is 42.2 Å². The second-order valence-corrected chi connectivity index (χ2v) is 7.86. The van der Waals surface area contributed by atoms with Gasteiger partial charge >= 0.3 is 0 Å². The van der Waals surface area contributed by atoms with Crippen LogP contribution in [0.2, 0.25) is 0 Å². The molecule has 1 saturated heterocycles. The van der Waals surface area contributed by atoms with Gasteiger partial charge in [0.25, 0.3) is 5.91 Å². The van der Waals surface area contributed by atoms with E-state index < -0.39 is 0 Å². The summed E-state index contributed by atoms with van der Waals surface area (Å²) in [4.78, 5) is 16.4. The Kier molecular flexibility index (Phi) is 5.04. The summed E-state index contributed by atoms with van der Waals surface area (Å²) in [7, 11) is 0. The number of nitrogens with zero attached hydrogens (tertiary/aromatic N) is 3. The van der Waals surface area contributed by atoms with Crippen molar-refractivity contribution in [1.29, 1.82) is 0 Å². The molecule has 0 saturated carbocycles. The number of benzene rings is 1. The molecule has 2 aliphatic heterocycles. The maximum Gasteiger partial charge on any atom is 0.257 e. The van der Waals surface area contributed by atoms with Gasteiger partial charge in [0.1, 0.15) is 5.75 Å². The maximum absolute atomic E-state index is 13.0. The molecule has 136 valence electrons. The molecule has 0 bridgehead atoms. The minimum atomic E-state index is -0.106. The van der Waals surface area contributed by atoms with Gasteiger partial charge in [-0.05, 0) is 55.1 Å². The Morgan fingerprint density at radius 1 is 1.15 bits per heavy atom. The first-order chi connectivity index (χ1) is 12.7. The minimum absolute atomic E-state index is 0.0523. The van der Waals surface area contributed by atoms with Crippen LogP contribution in [-0.2, 0) is 4.79 Å². The Bertz CT molecular complexity index is 780. The van der Waals surface area contributed by atoms with Gasteiger partial charge in [0.15, 0.2) is 0 Å². The molecule has 3 heterocycles. The van der Waals surface area contributed by atoms with E-state index in [0.717, 1.165) is 29.2 Å². The van der Waals surface area contributed by atoms with Crippen LogP contribution in [0.15, 0.2) is 46.9 Å². The van der Waals surface area contributed by atoms with Crippen molar-refractivity contribution in [2.45, 2.75) is 31.7 Å². The Morgan fingerprint density at radius 2 is 1.92 bits per heavy atom. The zero-order chi connectivity index (χ0) is 17.9. The van der Waals surface area contributed by atoms with Crippen LogP contribution in [0, 0.1) is 0 Å². The summed E-state index contributed by atoms with van der Waals surface area (Å²) in [5.74, 6) is 0.286. The van der Waals surface area contributed by atoms with Crippen molar-refractivity contribution in [1.82, 2.24) is 9.91 Å². The summed E-state index contributed by atoms with van der Waals surface area (Å²) < 4.78 is 0. The number of likely N-dealkylation sites (tertiary alicyclic amines) is 1. The molecule has 2 aliphatic rings. The Labute approximate surface area is 157 Å². The Morgan fingerprint density at radius 3 is 2.62 bits per heavy atom. The van der Waals surface area contributed by atoms with Crippen LogP contribution >= 0.6 is 11.3 Å². The highest BCUT2D eigenvalue weighted by Gasteiger charge is 2.34. The van der Waals surface area contributed by atoms with Crippen LogP contribution in [0.25, 0.3) is 0 Å². The lowest BCUT2D eigenvalue weighted by Crippen LogP contribution is -2.40. The highest BCUT2D eigenvalue weighted by molar-refractivity contribution is 7.12. The van der Waals surface area contributed by atoms with Gasteiger partial charge in [0.05, 0.1) is 23.2 Å². The van der Waals surface area contributed by atoms with Gasteiger partial charge in [-0.3, -0.25) is 9.69 Å². The van der Waals surface area contributed by atoms with Gasteiger partial charge in [-0.2, -0.15) is 5.10 Å². The topological polar surface area (TPSA) is 56.1 Å². The average molecular weight is 369 g/mol. The number of rotatable bonds is 4. The fourth-order valence-corrected chi connectivity index (χ4v) is 4.39. The molecule has 1 amide bonds. The SMILES string of the molecule is O=C(CN1CCCCC1)N1N=C(c2cccs2)C[C@@H]1c1ccc(O)cc1. The molecule has 0 radical (unpaired) electrons.